The number of pyridine rings is 1. The first-order valence-electron chi connectivity index (χ1n) is 11.9. The van der Waals surface area contributed by atoms with Crippen LogP contribution >= 0.6 is 0 Å². The fourth-order valence-electron chi connectivity index (χ4n) is 4.03. The first-order chi connectivity index (χ1) is 17.7. The number of anilines is 1. The second kappa shape index (κ2) is 11.0. The molecule has 1 N–H and O–H groups in total. The molecular weight excluding hydrogens is 496 g/mol. The summed E-state index contributed by atoms with van der Waals surface area (Å²) in [4.78, 5) is 32.9. The van der Waals surface area contributed by atoms with E-state index in [0.717, 1.165) is 0 Å². The summed E-state index contributed by atoms with van der Waals surface area (Å²) in [7, 11) is -2.54. The topological polar surface area (TPSA) is 118 Å². The van der Waals surface area contributed by atoms with Gasteiger partial charge in [-0.2, -0.15) is 0 Å². The summed E-state index contributed by atoms with van der Waals surface area (Å²) in [5, 5.41) is 0.706. The Bertz CT molecular complexity index is 1400. The predicted octanol–water partition coefficient (Wildman–Crippen LogP) is 3.59. The number of methoxy groups -OCH3 is 1. The molecule has 0 atom stereocenters. The SMILES string of the molecule is COc1cc(NS(=O)(=O)c2cccc3cccnc23)ccc1C(=O)N1CCN(C(=O)OCC(C)C)CC1. The zero-order chi connectivity index (χ0) is 26.6. The van der Waals surface area contributed by atoms with Crippen LogP contribution in [0.25, 0.3) is 10.9 Å². The zero-order valence-corrected chi connectivity index (χ0v) is 21.8. The van der Waals surface area contributed by atoms with Crippen molar-refractivity contribution in [3.63, 3.8) is 0 Å². The molecule has 11 heteroatoms. The Balaban J connectivity index is 1.47. The molecule has 3 aromatic rings. The Morgan fingerprint density at radius 2 is 1.73 bits per heavy atom. The first kappa shape index (κ1) is 26.2. The maximum atomic E-state index is 13.2. The minimum absolute atomic E-state index is 0.0505. The molecule has 196 valence electrons. The molecule has 2 amide bonds. The lowest BCUT2D eigenvalue weighted by Crippen LogP contribution is -2.50. The average molecular weight is 527 g/mol. The van der Waals surface area contributed by atoms with E-state index in [1.165, 1.54) is 31.4 Å². The Morgan fingerprint density at radius 1 is 1.03 bits per heavy atom. The van der Waals surface area contributed by atoms with Gasteiger partial charge in [0, 0.05) is 43.8 Å². The van der Waals surface area contributed by atoms with Crippen molar-refractivity contribution in [3.05, 3.63) is 60.3 Å². The van der Waals surface area contributed by atoms with Crippen molar-refractivity contribution in [2.75, 3.05) is 44.6 Å². The van der Waals surface area contributed by atoms with Crippen molar-refractivity contribution in [1.29, 1.82) is 0 Å². The van der Waals surface area contributed by atoms with Crippen LogP contribution in [0.2, 0.25) is 0 Å². The second-order valence-electron chi connectivity index (χ2n) is 9.10. The Kier molecular flexibility index (Phi) is 7.82. The third kappa shape index (κ3) is 5.93. The van der Waals surface area contributed by atoms with Gasteiger partial charge in [-0.3, -0.25) is 14.5 Å². The highest BCUT2D eigenvalue weighted by Gasteiger charge is 2.28. The van der Waals surface area contributed by atoms with Crippen LogP contribution in [-0.4, -0.2) is 75.1 Å². The molecular formula is C26H30N4O6S. The van der Waals surface area contributed by atoms with Crippen LogP contribution in [0.3, 0.4) is 0 Å². The van der Waals surface area contributed by atoms with Crippen molar-refractivity contribution in [3.8, 4) is 5.75 Å². The number of piperazine rings is 1. The summed E-state index contributed by atoms with van der Waals surface area (Å²) < 4.78 is 39.5. The van der Waals surface area contributed by atoms with Crippen LogP contribution in [0, 0.1) is 5.92 Å². The summed E-state index contributed by atoms with van der Waals surface area (Å²) in [6.45, 7) is 5.71. The quantitative estimate of drug-likeness (QED) is 0.500. The van der Waals surface area contributed by atoms with E-state index < -0.39 is 10.0 Å². The van der Waals surface area contributed by atoms with E-state index in [-0.39, 0.29) is 34.3 Å². The normalized spacial score (nSPS) is 14.1. The lowest BCUT2D eigenvalue weighted by Gasteiger charge is -2.34. The number of para-hydroxylation sites is 1. The number of nitrogens with zero attached hydrogens (tertiary/aromatic N) is 3. The molecule has 37 heavy (non-hydrogen) atoms. The number of benzene rings is 2. The second-order valence-corrected chi connectivity index (χ2v) is 10.8. The minimum atomic E-state index is -3.96. The fourth-order valence-corrected chi connectivity index (χ4v) is 5.26. The number of rotatable bonds is 7. The number of fused-ring (bicyclic) bond motifs is 1. The summed E-state index contributed by atoms with van der Waals surface area (Å²) >= 11 is 0. The number of aromatic nitrogens is 1. The third-order valence-electron chi connectivity index (χ3n) is 5.93. The van der Waals surface area contributed by atoms with Crippen molar-refractivity contribution < 1.29 is 27.5 Å². The van der Waals surface area contributed by atoms with E-state index >= 15 is 0 Å². The van der Waals surface area contributed by atoms with E-state index in [4.69, 9.17) is 9.47 Å². The van der Waals surface area contributed by atoms with E-state index in [9.17, 15) is 18.0 Å². The maximum Gasteiger partial charge on any atom is 0.409 e. The third-order valence-corrected chi connectivity index (χ3v) is 7.35. The molecule has 1 aliphatic heterocycles. The van der Waals surface area contributed by atoms with Crippen molar-refractivity contribution in [2.45, 2.75) is 18.7 Å². The van der Waals surface area contributed by atoms with E-state index in [2.05, 4.69) is 9.71 Å². The maximum absolute atomic E-state index is 13.2. The van der Waals surface area contributed by atoms with E-state index in [1.54, 1.807) is 40.3 Å². The van der Waals surface area contributed by atoms with Gasteiger partial charge in [0.05, 0.1) is 30.5 Å². The number of nitrogens with one attached hydrogen (secondary N) is 1. The smallest absolute Gasteiger partial charge is 0.409 e. The van der Waals surface area contributed by atoms with Crippen LogP contribution < -0.4 is 9.46 Å². The number of hydrogen-bond acceptors (Lipinski definition) is 7. The van der Waals surface area contributed by atoms with Crippen LogP contribution in [0.5, 0.6) is 5.75 Å². The predicted molar refractivity (Wildman–Crippen MR) is 139 cm³/mol. The van der Waals surface area contributed by atoms with Gasteiger partial charge < -0.3 is 19.3 Å². The molecule has 0 unspecified atom stereocenters. The molecule has 1 fully saturated rings. The molecule has 2 aromatic carbocycles. The van der Waals surface area contributed by atoms with Crippen LogP contribution in [0.15, 0.2) is 59.6 Å². The molecule has 4 rings (SSSR count). The molecule has 2 heterocycles. The first-order valence-corrected chi connectivity index (χ1v) is 13.4. The van der Waals surface area contributed by atoms with Gasteiger partial charge in [0.25, 0.3) is 15.9 Å². The van der Waals surface area contributed by atoms with Gasteiger partial charge in [-0.25, -0.2) is 13.2 Å². The zero-order valence-electron chi connectivity index (χ0n) is 21.0. The summed E-state index contributed by atoms with van der Waals surface area (Å²) in [5.41, 5.74) is 0.913. The van der Waals surface area contributed by atoms with Crippen molar-refractivity contribution in [2.24, 2.45) is 5.92 Å². The van der Waals surface area contributed by atoms with Gasteiger partial charge in [-0.1, -0.05) is 32.0 Å². The number of amides is 2. The molecule has 0 aliphatic carbocycles. The highest BCUT2D eigenvalue weighted by molar-refractivity contribution is 7.93. The minimum Gasteiger partial charge on any atom is -0.496 e. The molecule has 0 spiro atoms. The fraction of sp³-hybridized carbons (Fsp3) is 0.346. The molecule has 10 nitrogen and oxygen atoms in total. The van der Waals surface area contributed by atoms with Gasteiger partial charge in [-0.15, -0.1) is 0 Å². The van der Waals surface area contributed by atoms with Gasteiger partial charge >= 0.3 is 6.09 Å². The Hall–Kier alpha value is -3.86. The molecule has 0 bridgehead atoms. The highest BCUT2D eigenvalue weighted by atomic mass is 32.2. The average Bonchev–Trinajstić information content (AvgIpc) is 2.90. The van der Waals surface area contributed by atoms with Gasteiger partial charge in [0.1, 0.15) is 10.6 Å². The molecule has 0 saturated carbocycles. The lowest BCUT2D eigenvalue weighted by molar-refractivity contribution is 0.0533. The molecule has 1 aliphatic rings. The van der Waals surface area contributed by atoms with Crippen molar-refractivity contribution in [1.82, 2.24) is 14.8 Å². The largest absolute Gasteiger partial charge is 0.496 e. The number of ether oxygens (including phenoxy) is 2. The van der Waals surface area contributed by atoms with Crippen LogP contribution in [0.1, 0.15) is 24.2 Å². The number of carbonyl (C=O) groups is 2. The number of carbonyl (C=O) groups excluding carboxylic acids is 2. The molecule has 1 saturated heterocycles. The highest BCUT2D eigenvalue weighted by Crippen LogP contribution is 2.28. The van der Waals surface area contributed by atoms with Crippen molar-refractivity contribution >= 4 is 38.6 Å². The monoisotopic (exact) mass is 526 g/mol. The van der Waals surface area contributed by atoms with Crippen LogP contribution in [-0.2, 0) is 14.8 Å². The number of sulfonamides is 1. The van der Waals surface area contributed by atoms with E-state index in [0.29, 0.717) is 49.3 Å². The summed E-state index contributed by atoms with van der Waals surface area (Å²) in [6, 6.07) is 13.0. The lowest BCUT2D eigenvalue weighted by atomic mass is 10.1. The standard InChI is InChI=1S/C26H30N4O6S/c1-18(2)17-36-26(32)30-14-12-29(13-15-30)25(31)21-10-9-20(16-22(21)35-3)28-37(33,34)23-8-4-6-19-7-5-11-27-24(19)23/h4-11,16,18,28H,12-15,17H2,1-3H3. The summed E-state index contributed by atoms with van der Waals surface area (Å²) in [6.07, 6.45) is 1.16. The van der Waals surface area contributed by atoms with Gasteiger partial charge in [0.15, 0.2) is 0 Å². The summed E-state index contributed by atoms with van der Waals surface area (Å²) in [5.74, 6) is 0.218. The van der Waals surface area contributed by atoms with Gasteiger partial charge in [-0.05, 0) is 30.2 Å². The Morgan fingerprint density at radius 3 is 2.43 bits per heavy atom. The number of hydrogen-bond donors (Lipinski definition) is 1. The molecule has 0 radical (unpaired) electrons. The Labute approximate surface area is 216 Å². The van der Waals surface area contributed by atoms with Crippen LogP contribution in [0.4, 0.5) is 10.5 Å². The van der Waals surface area contributed by atoms with E-state index in [1.807, 2.05) is 13.8 Å². The molecule has 1 aromatic heterocycles. The van der Waals surface area contributed by atoms with Gasteiger partial charge in [0.2, 0.25) is 0 Å².